The van der Waals surface area contributed by atoms with E-state index in [-0.39, 0.29) is 108 Å². The van der Waals surface area contributed by atoms with Crippen LogP contribution in [0.4, 0.5) is 0 Å². The van der Waals surface area contributed by atoms with Crippen LogP contribution in [0, 0.1) is 11.8 Å². The number of aromatic nitrogens is 3. The lowest BCUT2D eigenvalue weighted by molar-refractivity contribution is -0.140. The van der Waals surface area contributed by atoms with Gasteiger partial charge in [-0.05, 0) is 87.9 Å². The number of hydrogen-bond donors (Lipinski definition) is 17. The zero-order chi connectivity index (χ0) is 80.4. The summed E-state index contributed by atoms with van der Waals surface area (Å²) in [5.74, 6) is -10.1. The molecule has 604 valence electrons. The summed E-state index contributed by atoms with van der Waals surface area (Å²) < 4.78 is 0. The third-order valence-electron chi connectivity index (χ3n) is 18.9. The molecular formula is C74H112N20O16. The summed E-state index contributed by atoms with van der Waals surface area (Å²) in [5, 5.41) is 50.5. The number of fused-ring (bicyclic) bond motifs is 1. The number of carbonyl (C=O) groups is 14. The maximum Gasteiger partial charge on any atom is 0.317 e. The van der Waals surface area contributed by atoms with Crippen LogP contribution in [-0.4, -0.2) is 287 Å². The minimum Gasteiger partial charge on any atom is -0.480 e. The van der Waals surface area contributed by atoms with E-state index in [2.05, 4.69) is 73.4 Å². The van der Waals surface area contributed by atoms with Crippen LogP contribution in [0.1, 0.15) is 103 Å². The predicted molar refractivity (Wildman–Crippen MR) is 405 cm³/mol. The van der Waals surface area contributed by atoms with Crippen LogP contribution in [0.5, 0.6) is 0 Å². The average molecular weight is 1540 g/mol. The van der Waals surface area contributed by atoms with Gasteiger partial charge in [-0.25, -0.2) is 4.98 Å². The monoisotopic (exact) mass is 1540 g/mol. The Hall–Kier alpha value is -10.3. The molecule has 0 saturated carbocycles. The van der Waals surface area contributed by atoms with E-state index in [9.17, 15) is 77.3 Å². The fourth-order valence-corrected chi connectivity index (χ4v) is 13.2. The molecule has 6 rings (SSSR count). The first-order chi connectivity index (χ1) is 52.4. The average Bonchev–Trinajstić information content (AvgIpc) is 1.67. The molecule has 2 aromatic carbocycles. The van der Waals surface area contributed by atoms with Crippen LogP contribution in [-0.2, 0) is 86.4 Å². The predicted octanol–water partition coefficient (Wildman–Crippen LogP) is -3.51. The number of carbonyl (C=O) groups excluding carboxylic acids is 12. The number of para-hydroxylation sites is 1. The van der Waals surface area contributed by atoms with Crippen LogP contribution in [0.25, 0.3) is 10.9 Å². The molecular weight excluding hydrogens is 1420 g/mol. The van der Waals surface area contributed by atoms with Crippen molar-refractivity contribution >= 4 is 93.6 Å². The summed E-state index contributed by atoms with van der Waals surface area (Å²) in [7, 11) is 0. The number of imidazole rings is 1. The minimum absolute atomic E-state index is 0.0110. The first kappa shape index (κ1) is 88.6. The molecule has 0 bridgehead atoms. The standard InChI is InChI=1S/C74H112N20O16/c1-45(2)31-53(40-94-24-12-17-60(94)68(76)104)85-72(108)59(34-52-37-79-44-82-52)86-63(98)39-81-74(110)67(46(3)4)90-69(105)48(6)83-71(107)58(33-50-36-80-55-16-11-10-15-54(50)55)89-70(106)56(18-19-61(75)96)88-73(109)57(32-49-13-8-7-9-14-49)87-64(99)41-91-25-20-51(21-26-91)84-62(97)38-78-23-28-93(43-66(102)103)30-29-92(42-65(100)101)27-22-77-35-47(5)95/h7-11,13-16,36-37,44-46,48,51,53,56-60,67,77-78,80H,12,17-35,38-43H2,1-6H3,(H2,75,96)(H2,76,104)(H,79,82)(H,81,110)(H,83,107)(H,84,97)(H,85,108)(H,86,98)(H,87,99)(H,88,109)(H,89,106)(H,90,105)(H,100,101)(H,102,103)/t48-,53-,56-,57+,58-,59-,60-,67-/m0/s1. The van der Waals surface area contributed by atoms with Gasteiger partial charge < -0.3 is 90.1 Å². The van der Waals surface area contributed by atoms with E-state index in [1.54, 1.807) is 78.4 Å². The lowest BCUT2D eigenvalue weighted by Gasteiger charge is -2.32. The van der Waals surface area contributed by atoms with Crippen molar-refractivity contribution in [3.05, 3.63) is 90.1 Å². The van der Waals surface area contributed by atoms with Gasteiger partial charge >= 0.3 is 11.9 Å². The number of nitrogens with one attached hydrogen (secondary N) is 13. The molecule has 2 saturated heterocycles. The number of Topliss-reactive ketones (excluding diaryl/α,β-unsaturated/α-hetero) is 1. The van der Waals surface area contributed by atoms with Crippen molar-refractivity contribution in [2.45, 2.75) is 160 Å². The van der Waals surface area contributed by atoms with E-state index in [0.29, 0.717) is 92.7 Å². The molecule has 2 aliphatic heterocycles. The first-order valence-electron chi connectivity index (χ1n) is 37.5. The Kier molecular flexibility index (Phi) is 36.8. The maximum absolute atomic E-state index is 14.7. The minimum atomic E-state index is -1.52. The highest BCUT2D eigenvalue weighted by molar-refractivity contribution is 5.98. The third-order valence-corrected chi connectivity index (χ3v) is 18.9. The number of rotatable bonds is 50. The molecule has 4 aromatic rings. The molecule has 2 fully saturated rings. The summed E-state index contributed by atoms with van der Waals surface area (Å²) in [6.07, 6.45) is 6.56. The molecule has 11 amide bonds. The van der Waals surface area contributed by atoms with Crippen molar-refractivity contribution in [1.82, 2.24) is 93.0 Å². The largest absolute Gasteiger partial charge is 0.480 e. The lowest BCUT2D eigenvalue weighted by atomic mass is 10.0. The Morgan fingerprint density at radius 3 is 1.83 bits per heavy atom. The third kappa shape index (κ3) is 31.7. The molecule has 36 nitrogen and oxygen atoms in total. The topological polar surface area (TPSA) is 521 Å². The fourth-order valence-electron chi connectivity index (χ4n) is 13.2. The number of primary amides is 2. The molecule has 110 heavy (non-hydrogen) atoms. The molecule has 36 heteroatoms. The molecule has 0 unspecified atom stereocenters. The van der Waals surface area contributed by atoms with Gasteiger partial charge in [0.2, 0.25) is 65.0 Å². The Morgan fingerprint density at radius 1 is 0.609 bits per heavy atom. The fraction of sp³-hybridized carbons (Fsp3) is 0.581. The number of aliphatic carboxylic acids is 2. The van der Waals surface area contributed by atoms with E-state index >= 15 is 0 Å². The van der Waals surface area contributed by atoms with Gasteiger partial charge in [-0.3, -0.25) is 86.7 Å². The molecule has 0 aliphatic carbocycles. The lowest BCUT2D eigenvalue weighted by Crippen LogP contribution is -2.60. The van der Waals surface area contributed by atoms with Crippen molar-refractivity contribution in [3.63, 3.8) is 0 Å². The van der Waals surface area contributed by atoms with Crippen LogP contribution in [0.3, 0.4) is 0 Å². The van der Waals surface area contributed by atoms with Crippen molar-refractivity contribution in [1.29, 1.82) is 0 Å². The second-order valence-electron chi connectivity index (χ2n) is 29.0. The summed E-state index contributed by atoms with van der Waals surface area (Å²) in [6, 6.07) is 6.83. The molecule has 0 spiro atoms. The Bertz CT molecular complexity index is 3720. The number of nitrogens with zero attached hydrogens (tertiary/aromatic N) is 5. The first-order valence-corrected chi connectivity index (χ1v) is 37.5. The zero-order valence-electron chi connectivity index (χ0n) is 63.7. The second kappa shape index (κ2) is 45.6. The number of amides is 11. The number of hydrogen-bond acceptors (Lipinski definition) is 21. The van der Waals surface area contributed by atoms with Crippen molar-refractivity contribution < 1.29 is 77.3 Å². The number of piperidine rings is 1. The highest BCUT2D eigenvalue weighted by Crippen LogP contribution is 2.22. The van der Waals surface area contributed by atoms with Gasteiger partial charge in [-0.15, -0.1) is 0 Å². The maximum atomic E-state index is 14.7. The Morgan fingerprint density at radius 2 is 1.21 bits per heavy atom. The van der Waals surface area contributed by atoms with Crippen LogP contribution in [0.15, 0.2) is 73.3 Å². The molecule has 8 atom stereocenters. The molecule has 4 heterocycles. The normalized spacial score (nSPS) is 16.0. The second-order valence-corrected chi connectivity index (χ2v) is 29.0. The summed E-state index contributed by atoms with van der Waals surface area (Å²) >= 11 is 0. The molecule has 2 aliphatic rings. The smallest absolute Gasteiger partial charge is 0.317 e. The van der Waals surface area contributed by atoms with Crippen molar-refractivity contribution in [3.8, 4) is 0 Å². The number of carboxylic acids is 2. The van der Waals surface area contributed by atoms with Gasteiger partial charge in [-0.1, -0.05) is 76.2 Å². The summed E-state index contributed by atoms with van der Waals surface area (Å²) in [4.78, 5) is 203. The van der Waals surface area contributed by atoms with E-state index in [0.717, 1.165) is 6.42 Å². The van der Waals surface area contributed by atoms with Gasteiger partial charge in [0.25, 0.3) is 0 Å². The van der Waals surface area contributed by atoms with E-state index in [1.807, 2.05) is 29.7 Å². The quantitative estimate of drug-likeness (QED) is 0.0191. The van der Waals surface area contributed by atoms with Gasteiger partial charge in [-0.2, -0.15) is 0 Å². The van der Waals surface area contributed by atoms with Gasteiger partial charge in [0.15, 0.2) is 0 Å². The van der Waals surface area contributed by atoms with Crippen LogP contribution < -0.4 is 70.0 Å². The van der Waals surface area contributed by atoms with Crippen LogP contribution >= 0.6 is 0 Å². The van der Waals surface area contributed by atoms with E-state index < -0.39 is 138 Å². The summed E-state index contributed by atoms with van der Waals surface area (Å²) in [6.45, 7) is 12.3. The van der Waals surface area contributed by atoms with Gasteiger partial charge in [0, 0.05) is 126 Å². The van der Waals surface area contributed by atoms with Crippen LogP contribution in [0.2, 0.25) is 0 Å². The SMILES string of the molecule is CC(=O)CNCCN(CCN(CCNCC(=O)NC1CCN(CC(=O)N[C@H](Cc2ccccc2)C(=O)N[C@@H](CCC(N)=O)C(=O)N[C@@H](Cc2c[nH]c3ccccc23)C(=O)N[C@@H](C)C(=O)N[C@H](C(=O)NCC(=O)N[C@@H](Cc2cnc[nH]2)C(=O)N[C@@H](CC(C)C)CN2CCC[C@H]2C(N)=O)C(C)C)CC1)CC(=O)O)CC(=O)O. The number of likely N-dealkylation sites (tertiary alicyclic amines) is 2. The number of benzene rings is 2. The van der Waals surface area contributed by atoms with Gasteiger partial charge in [0.05, 0.1) is 51.6 Å². The van der Waals surface area contributed by atoms with E-state index in [4.69, 9.17) is 11.5 Å². The highest BCUT2D eigenvalue weighted by Gasteiger charge is 2.36. The Labute approximate surface area is 639 Å². The zero-order valence-corrected chi connectivity index (χ0v) is 63.7. The van der Waals surface area contributed by atoms with Crippen molar-refractivity contribution in [2.75, 3.05) is 105 Å². The highest BCUT2D eigenvalue weighted by atomic mass is 16.4. The number of carboxylic acid groups (broad SMARTS) is 2. The Balaban J connectivity index is 1.05. The molecule has 0 radical (unpaired) electrons. The molecule has 19 N–H and O–H groups in total. The molecule has 2 aromatic heterocycles. The van der Waals surface area contributed by atoms with Gasteiger partial charge in [0.1, 0.15) is 42.0 Å². The van der Waals surface area contributed by atoms with E-state index in [1.165, 1.54) is 26.4 Å². The number of ketones is 1. The summed E-state index contributed by atoms with van der Waals surface area (Å²) in [5.41, 5.74) is 13.8. The van der Waals surface area contributed by atoms with Crippen molar-refractivity contribution in [2.24, 2.45) is 23.3 Å². The number of H-pyrrole nitrogens is 2. The number of nitrogens with two attached hydrogens (primary N) is 2. The number of aromatic amines is 2.